The number of rotatable bonds is 5. The van der Waals surface area contributed by atoms with E-state index in [1.54, 1.807) is 5.57 Å². The van der Waals surface area contributed by atoms with E-state index in [-0.39, 0.29) is 6.10 Å². The highest BCUT2D eigenvalue weighted by atomic mass is 16.3. The van der Waals surface area contributed by atoms with Crippen LogP contribution >= 0.6 is 0 Å². The number of aliphatic hydroxyl groups excluding tert-OH is 1. The predicted molar refractivity (Wildman–Crippen MR) is 124 cm³/mol. The summed E-state index contributed by atoms with van der Waals surface area (Å²) >= 11 is 0. The van der Waals surface area contributed by atoms with Gasteiger partial charge in [0, 0.05) is 0 Å². The van der Waals surface area contributed by atoms with E-state index in [9.17, 15) is 5.11 Å². The summed E-state index contributed by atoms with van der Waals surface area (Å²) in [6.45, 7) is 16.7. The third-order valence-electron chi connectivity index (χ3n) is 10.6. The quantitative estimate of drug-likeness (QED) is 0.474. The summed E-state index contributed by atoms with van der Waals surface area (Å²) in [7, 11) is 0. The zero-order valence-corrected chi connectivity index (χ0v) is 19.8. The van der Waals surface area contributed by atoms with E-state index in [1.165, 1.54) is 56.9 Å². The molecule has 0 heterocycles. The fourth-order valence-electron chi connectivity index (χ4n) is 8.52. The van der Waals surface area contributed by atoms with Gasteiger partial charge >= 0.3 is 0 Å². The molecule has 0 aromatic heterocycles. The molecule has 4 aliphatic carbocycles. The largest absolute Gasteiger partial charge is 0.393 e. The fraction of sp³-hybridized carbons (Fsp3) is 0.857. The number of hydrogen-bond donors (Lipinski definition) is 1. The van der Waals surface area contributed by atoms with Gasteiger partial charge in [0.05, 0.1) is 6.10 Å². The fourth-order valence-corrected chi connectivity index (χ4v) is 8.52. The minimum Gasteiger partial charge on any atom is -0.393 e. The van der Waals surface area contributed by atoms with Crippen LogP contribution in [0.1, 0.15) is 98.8 Å². The molecule has 164 valence electrons. The number of fused-ring (bicyclic) bond motifs is 5. The van der Waals surface area contributed by atoms with Gasteiger partial charge in [-0.2, -0.15) is 0 Å². The molecule has 0 radical (unpaired) electrons. The van der Waals surface area contributed by atoms with Crippen LogP contribution in [0.15, 0.2) is 23.8 Å². The van der Waals surface area contributed by atoms with E-state index in [2.05, 4.69) is 47.3 Å². The average Bonchev–Trinajstić information content (AvgIpc) is 3.03. The van der Waals surface area contributed by atoms with Crippen molar-refractivity contribution in [2.75, 3.05) is 0 Å². The summed E-state index contributed by atoms with van der Waals surface area (Å²) in [6, 6.07) is 0. The van der Waals surface area contributed by atoms with E-state index in [4.69, 9.17) is 0 Å². The highest BCUT2D eigenvalue weighted by Gasteiger charge is 2.59. The van der Waals surface area contributed by atoms with E-state index in [1.807, 2.05) is 0 Å². The molecule has 0 aromatic rings. The van der Waals surface area contributed by atoms with Crippen LogP contribution in [0.2, 0.25) is 0 Å². The van der Waals surface area contributed by atoms with Crippen molar-refractivity contribution in [3.05, 3.63) is 23.8 Å². The molecule has 29 heavy (non-hydrogen) atoms. The first kappa shape index (κ1) is 21.7. The van der Waals surface area contributed by atoms with Crippen LogP contribution in [0.25, 0.3) is 0 Å². The first-order valence-electron chi connectivity index (χ1n) is 12.7. The number of hydrogen-bond acceptors (Lipinski definition) is 1. The molecule has 3 saturated carbocycles. The van der Waals surface area contributed by atoms with Gasteiger partial charge in [0.2, 0.25) is 0 Å². The van der Waals surface area contributed by atoms with Crippen molar-refractivity contribution in [1.82, 2.24) is 0 Å². The molecule has 0 spiro atoms. The van der Waals surface area contributed by atoms with E-state index in [0.29, 0.717) is 16.7 Å². The maximum Gasteiger partial charge on any atom is 0.0577 e. The Morgan fingerprint density at radius 3 is 2.59 bits per heavy atom. The Kier molecular flexibility index (Phi) is 5.86. The van der Waals surface area contributed by atoms with Crippen LogP contribution in [0.3, 0.4) is 0 Å². The minimum absolute atomic E-state index is 0.0861. The van der Waals surface area contributed by atoms with Crippen LogP contribution in [-0.2, 0) is 0 Å². The first-order valence-corrected chi connectivity index (χ1v) is 12.7. The number of allylic oxidation sites excluding steroid dienone is 2. The van der Waals surface area contributed by atoms with Crippen LogP contribution in [-0.4, -0.2) is 11.2 Å². The summed E-state index contributed by atoms with van der Waals surface area (Å²) in [5.74, 6) is 5.03. The lowest BCUT2D eigenvalue weighted by atomic mass is 9.47. The van der Waals surface area contributed by atoms with E-state index >= 15 is 0 Å². The predicted octanol–water partition coefficient (Wildman–Crippen LogP) is 7.55. The molecule has 0 bridgehead atoms. The molecule has 0 aliphatic heterocycles. The highest BCUT2D eigenvalue weighted by Crippen LogP contribution is 2.67. The smallest absolute Gasteiger partial charge is 0.0577 e. The standard InChI is InChI=1S/C28H46O/c1-18(2)19(3)7-8-20(4)24-11-12-25-23-10-9-21-17-22(29)13-15-27(21,5)26(23)14-16-28(24,25)6/h9,18,20,22-26,29H,3,7-8,10-17H2,1-2,4-6H3/t20?,22-,23?,24+,25?,26?,27-,28+/m0/s1. The molecular formula is C28H46O. The summed E-state index contributed by atoms with van der Waals surface area (Å²) in [4.78, 5) is 0. The Morgan fingerprint density at radius 2 is 1.86 bits per heavy atom. The Balaban J connectivity index is 1.49. The van der Waals surface area contributed by atoms with Gasteiger partial charge in [-0.1, -0.05) is 58.4 Å². The molecule has 1 N–H and O–H groups in total. The highest BCUT2D eigenvalue weighted by molar-refractivity contribution is 5.25. The lowest BCUT2D eigenvalue weighted by molar-refractivity contribution is -0.0571. The van der Waals surface area contributed by atoms with Gasteiger partial charge in [-0.15, -0.1) is 0 Å². The van der Waals surface area contributed by atoms with Gasteiger partial charge in [0.15, 0.2) is 0 Å². The van der Waals surface area contributed by atoms with Gasteiger partial charge in [-0.3, -0.25) is 0 Å². The Bertz CT molecular complexity index is 659. The molecule has 4 unspecified atom stereocenters. The first-order chi connectivity index (χ1) is 13.7. The van der Waals surface area contributed by atoms with E-state index in [0.717, 1.165) is 42.4 Å². The summed E-state index contributed by atoms with van der Waals surface area (Å²) in [6.07, 6.45) is 15.3. The van der Waals surface area contributed by atoms with Gasteiger partial charge in [-0.25, -0.2) is 0 Å². The van der Waals surface area contributed by atoms with Crippen molar-refractivity contribution in [3.63, 3.8) is 0 Å². The molecule has 0 aromatic carbocycles. The second kappa shape index (κ2) is 7.85. The summed E-state index contributed by atoms with van der Waals surface area (Å²) < 4.78 is 0. The van der Waals surface area contributed by atoms with Crippen LogP contribution < -0.4 is 0 Å². The van der Waals surface area contributed by atoms with Gasteiger partial charge in [0.25, 0.3) is 0 Å². The van der Waals surface area contributed by atoms with Crippen LogP contribution in [0.4, 0.5) is 0 Å². The zero-order chi connectivity index (χ0) is 21.0. The topological polar surface area (TPSA) is 20.2 Å². The van der Waals surface area contributed by atoms with Crippen molar-refractivity contribution in [3.8, 4) is 0 Å². The van der Waals surface area contributed by atoms with Crippen molar-refractivity contribution < 1.29 is 5.11 Å². The molecule has 4 rings (SSSR count). The van der Waals surface area contributed by atoms with Crippen LogP contribution in [0, 0.1) is 46.3 Å². The maximum atomic E-state index is 10.2. The lowest BCUT2D eigenvalue weighted by Crippen LogP contribution is -2.50. The van der Waals surface area contributed by atoms with Crippen molar-refractivity contribution in [2.24, 2.45) is 46.3 Å². The molecule has 4 aliphatic rings. The second-order valence-corrected chi connectivity index (χ2v) is 12.2. The third-order valence-corrected chi connectivity index (χ3v) is 10.6. The average molecular weight is 399 g/mol. The van der Waals surface area contributed by atoms with Crippen molar-refractivity contribution in [1.29, 1.82) is 0 Å². The summed E-state index contributed by atoms with van der Waals surface area (Å²) in [5, 5.41) is 10.2. The van der Waals surface area contributed by atoms with Gasteiger partial charge < -0.3 is 5.11 Å². The second-order valence-electron chi connectivity index (χ2n) is 12.2. The molecule has 3 fully saturated rings. The molecule has 0 saturated heterocycles. The van der Waals surface area contributed by atoms with Gasteiger partial charge in [0.1, 0.15) is 0 Å². The van der Waals surface area contributed by atoms with Crippen molar-refractivity contribution in [2.45, 2.75) is 105 Å². The molecular weight excluding hydrogens is 352 g/mol. The third kappa shape index (κ3) is 3.58. The molecule has 0 amide bonds. The maximum absolute atomic E-state index is 10.2. The van der Waals surface area contributed by atoms with Crippen molar-refractivity contribution >= 4 is 0 Å². The zero-order valence-electron chi connectivity index (χ0n) is 19.8. The minimum atomic E-state index is -0.0861. The molecule has 8 atom stereocenters. The monoisotopic (exact) mass is 398 g/mol. The lowest BCUT2D eigenvalue weighted by Gasteiger charge is -2.58. The Labute approximate surface area is 180 Å². The van der Waals surface area contributed by atoms with Gasteiger partial charge in [-0.05, 0) is 111 Å². The Hall–Kier alpha value is -0.560. The molecule has 1 nitrogen and oxygen atoms in total. The van der Waals surface area contributed by atoms with E-state index < -0.39 is 0 Å². The van der Waals surface area contributed by atoms with Crippen LogP contribution in [0.5, 0.6) is 0 Å². The Morgan fingerprint density at radius 1 is 1.10 bits per heavy atom. The summed E-state index contributed by atoms with van der Waals surface area (Å²) in [5.41, 5.74) is 3.98. The SMILES string of the molecule is C=C(CCC(C)[C@H]1CCC2C3CC=C4C[C@@H](O)CC[C@]4(C)C3CC[C@@]21C)C(C)C. The number of aliphatic hydroxyl groups is 1. The molecule has 1 heteroatoms. The normalized spacial score (nSPS) is 45.2.